The van der Waals surface area contributed by atoms with Gasteiger partial charge in [0.2, 0.25) is 5.78 Å². The SMILES string of the molecule is CC1(C)O[C@@H]2C[C@H]3[C@@H]4C[C@H](F)C5=CC(=O)C=C[C@]5(C)[C@@]4(F)[C@@H](O)C[C@]3(C)[C@]2(C(=O)COC(=O)C2CCNCC2)O1. The summed E-state index contributed by atoms with van der Waals surface area (Å²) in [6.07, 6.45) is 0.927. The lowest BCUT2D eigenvalue weighted by Gasteiger charge is -2.63. The van der Waals surface area contributed by atoms with Crippen molar-refractivity contribution in [2.45, 2.75) is 95.2 Å². The maximum atomic E-state index is 17.5. The molecular weight excluding hydrogens is 524 g/mol. The highest BCUT2D eigenvalue weighted by molar-refractivity contribution is 6.01. The molecule has 6 aliphatic rings. The number of ketones is 2. The van der Waals surface area contributed by atoms with Gasteiger partial charge < -0.3 is 24.6 Å². The van der Waals surface area contributed by atoms with Gasteiger partial charge in [0, 0.05) is 16.7 Å². The van der Waals surface area contributed by atoms with Crippen LogP contribution in [0.15, 0.2) is 23.8 Å². The zero-order valence-corrected chi connectivity index (χ0v) is 23.5. The number of carbonyl (C=O) groups excluding carboxylic acids is 3. The minimum atomic E-state index is -2.28. The highest BCUT2D eigenvalue weighted by atomic mass is 19.1. The van der Waals surface area contributed by atoms with Crippen LogP contribution in [0.3, 0.4) is 0 Å². The third-order valence-corrected chi connectivity index (χ3v) is 11.1. The van der Waals surface area contributed by atoms with E-state index in [9.17, 15) is 19.5 Å². The van der Waals surface area contributed by atoms with Gasteiger partial charge in [-0.05, 0) is 89.6 Å². The summed E-state index contributed by atoms with van der Waals surface area (Å²) in [4.78, 5) is 39.0. The first-order chi connectivity index (χ1) is 18.7. The number of allylic oxidation sites excluding steroid dienone is 4. The Balaban J connectivity index is 1.35. The Morgan fingerprint density at radius 3 is 2.55 bits per heavy atom. The maximum Gasteiger partial charge on any atom is 0.309 e. The second kappa shape index (κ2) is 8.99. The molecule has 2 aliphatic heterocycles. The van der Waals surface area contributed by atoms with Crippen molar-refractivity contribution in [2.24, 2.45) is 28.6 Å². The zero-order chi connectivity index (χ0) is 28.9. The molecule has 220 valence electrons. The Labute approximate surface area is 232 Å². The van der Waals surface area contributed by atoms with Crippen LogP contribution >= 0.6 is 0 Å². The lowest BCUT2D eigenvalue weighted by Crippen LogP contribution is -2.71. The number of fused-ring (bicyclic) bond motifs is 7. The van der Waals surface area contributed by atoms with Crippen LogP contribution in [0.1, 0.15) is 59.8 Å². The summed E-state index contributed by atoms with van der Waals surface area (Å²) < 4.78 is 51.4. The molecule has 0 bridgehead atoms. The van der Waals surface area contributed by atoms with Crippen molar-refractivity contribution in [1.29, 1.82) is 0 Å². The van der Waals surface area contributed by atoms with E-state index < -0.39 is 82.2 Å². The first-order valence-corrected chi connectivity index (χ1v) is 14.4. The van der Waals surface area contributed by atoms with Gasteiger partial charge in [0.15, 0.2) is 29.4 Å². The average molecular weight is 564 g/mol. The van der Waals surface area contributed by atoms with Gasteiger partial charge in [0.1, 0.15) is 6.17 Å². The average Bonchev–Trinajstić information content (AvgIpc) is 3.31. The number of hydrogen-bond acceptors (Lipinski definition) is 8. The van der Waals surface area contributed by atoms with Crippen LogP contribution in [0.5, 0.6) is 0 Å². The highest BCUT2D eigenvalue weighted by Crippen LogP contribution is 2.72. The van der Waals surface area contributed by atoms with Gasteiger partial charge in [-0.2, -0.15) is 0 Å². The van der Waals surface area contributed by atoms with Gasteiger partial charge in [0.05, 0.1) is 18.1 Å². The van der Waals surface area contributed by atoms with E-state index in [4.69, 9.17) is 14.2 Å². The molecule has 6 rings (SSSR count). The van der Waals surface area contributed by atoms with Crippen LogP contribution in [-0.4, -0.2) is 77.8 Å². The number of halogens is 2. The van der Waals surface area contributed by atoms with Crippen LogP contribution < -0.4 is 5.32 Å². The lowest BCUT2D eigenvalue weighted by molar-refractivity contribution is -0.249. The summed E-state index contributed by atoms with van der Waals surface area (Å²) in [6.45, 7) is 7.59. The Morgan fingerprint density at radius 2 is 1.85 bits per heavy atom. The summed E-state index contributed by atoms with van der Waals surface area (Å²) in [6, 6.07) is 0. The van der Waals surface area contributed by atoms with Crippen molar-refractivity contribution in [3.05, 3.63) is 23.8 Å². The molecule has 5 fully saturated rings. The van der Waals surface area contributed by atoms with Gasteiger partial charge in [-0.15, -0.1) is 0 Å². The molecule has 3 saturated carbocycles. The molecule has 2 heterocycles. The molecule has 0 aromatic carbocycles. The first kappa shape index (κ1) is 28.1. The monoisotopic (exact) mass is 563 g/mol. The van der Waals surface area contributed by atoms with Crippen molar-refractivity contribution in [2.75, 3.05) is 19.7 Å². The third-order valence-electron chi connectivity index (χ3n) is 11.1. The number of aliphatic hydroxyl groups is 1. The molecule has 0 spiro atoms. The predicted octanol–water partition coefficient (Wildman–Crippen LogP) is 2.92. The zero-order valence-electron chi connectivity index (χ0n) is 23.5. The van der Waals surface area contributed by atoms with Crippen LogP contribution in [0, 0.1) is 28.6 Å². The van der Waals surface area contributed by atoms with Gasteiger partial charge in [-0.3, -0.25) is 14.4 Å². The highest BCUT2D eigenvalue weighted by Gasteiger charge is 2.80. The summed E-state index contributed by atoms with van der Waals surface area (Å²) in [5.41, 5.74) is -6.50. The van der Waals surface area contributed by atoms with Crippen molar-refractivity contribution < 1.29 is 42.5 Å². The summed E-state index contributed by atoms with van der Waals surface area (Å²) in [5.74, 6) is -4.32. The number of carbonyl (C=O) groups is 3. The predicted molar refractivity (Wildman–Crippen MR) is 138 cm³/mol. The number of piperidine rings is 1. The number of hydrogen-bond donors (Lipinski definition) is 2. The van der Waals surface area contributed by atoms with E-state index >= 15 is 8.78 Å². The van der Waals surface area contributed by atoms with Crippen LogP contribution in [-0.2, 0) is 28.6 Å². The summed E-state index contributed by atoms with van der Waals surface area (Å²) >= 11 is 0. The Bertz CT molecular complexity index is 1200. The van der Waals surface area contributed by atoms with E-state index in [-0.39, 0.29) is 30.8 Å². The van der Waals surface area contributed by atoms with Gasteiger partial charge >= 0.3 is 5.97 Å². The largest absolute Gasteiger partial charge is 0.457 e. The molecular formula is C30H39F2NO7. The fourth-order valence-corrected chi connectivity index (χ4v) is 9.22. The van der Waals surface area contributed by atoms with Crippen LogP contribution in [0.4, 0.5) is 8.78 Å². The normalized spacial score (nSPS) is 47.5. The van der Waals surface area contributed by atoms with Crippen molar-refractivity contribution in [3.8, 4) is 0 Å². The molecule has 2 saturated heterocycles. The van der Waals surface area contributed by atoms with Crippen LogP contribution in [0.2, 0.25) is 0 Å². The maximum absolute atomic E-state index is 17.5. The number of Topliss-reactive ketones (excluding diaryl/α,β-unsaturated/α-hetero) is 1. The van der Waals surface area contributed by atoms with E-state index in [1.54, 1.807) is 27.7 Å². The van der Waals surface area contributed by atoms with Gasteiger partial charge in [-0.25, -0.2) is 8.78 Å². The molecule has 4 aliphatic carbocycles. The van der Waals surface area contributed by atoms with Crippen LogP contribution in [0.25, 0.3) is 0 Å². The molecule has 40 heavy (non-hydrogen) atoms. The smallest absolute Gasteiger partial charge is 0.309 e. The molecule has 0 radical (unpaired) electrons. The first-order valence-electron chi connectivity index (χ1n) is 14.4. The van der Waals surface area contributed by atoms with E-state index in [2.05, 4.69) is 5.32 Å². The number of rotatable bonds is 4. The Morgan fingerprint density at radius 1 is 1.15 bits per heavy atom. The molecule has 0 aromatic rings. The van der Waals surface area contributed by atoms with E-state index in [0.29, 0.717) is 25.9 Å². The number of alkyl halides is 2. The summed E-state index contributed by atoms with van der Waals surface area (Å²) in [7, 11) is 0. The topological polar surface area (TPSA) is 111 Å². The second-order valence-corrected chi connectivity index (χ2v) is 13.5. The second-order valence-electron chi connectivity index (χ2n) is 13.5. The lowest BCUT2D eigenvalue weighted by atomic mass is 9.44. The third kappa shape index (κ3) is 3.58. The standard InChI is InChI=1S/C30H39F2NO7/c1-26(2)39-24-13-18-19-12-21(31)20-11-17(34)5-8-27(20,3)29(19,32)22(35)14-28(18,4)30(24,40-26)23(36)15-38-25(37)16-6-9-33-10-7-16/h5,8,11,16,18-19,21-22,24,33,35H,6-7,9-10,12-15H2,1-4H3/t18-,19-,21-,22-,24+,27-,28-,29-,30+/m0/s1. The minimum absolute atomic E-state index is 0.0452. The van der Waals surface area contributed by atoms with E-state index in [0.717, 1.165) is 6.08 Å². The fourth-order valence-electron chi connectivity index (χ4n) is 9.22. The molecule has 8 nitrogen and oxygen atoms in total. The Kier molecular flexibility index (Phi) is 6.32. The number of ether oxygens (including phenoxy) is 3. The van der Waals surface area contributed by atoms with Crippen molar-refractivity contribution in [3.63, 3.8) is 0 Å². The number of esters is 1. The minimum Gasteiger partial charge on any atom is -0.457 e. The fraction of sp³-hybridized carbons (Fsp3) is 0.767. The van der Waals surface area contributed by atoms with Crippen molar-refractivity contribution >= 4 is 17.5 Å². The molecule has 10 heteroatoms. The quantitative estimate of drug-likeness (QED) is 0.503. The van der Waals surface area contributed by atoms with Crippen molar-refractivity contribution in [1.82, 2.24) is 5.32 Å². The molecule has 2 N–H and O–H groups in total. The Hall–Kier alpha value is -2.01. The summed E-state index contributed by atoms with van der Waals surface area (Å²) in [5, 5.41) is 14.8. The number of nitrogens with one attached hydrogen (secondary N) is 1. The van der Waals surface area contributed by atoms with E-state index in [1.165, 1.54) is 12.2 Å². The molecule has 0 amide bonds. The van der Waals surface area contributed by atoms with Gasteiger partial charge in [0.25, 0.3) is 0 Å². The molecule has 0 unspecified atom stereocenters. The molecule has 0 aromatic heterocycles. The van der Waals surface area contributed by atoms with E-state index in [1.807, 2.05) is 0 Å². The number of aliphatic hydroxyl groups excluding tert-OH is 1. The van der Waals surface area contributed by atoms with Gasteiger partial charge in [-0.1, -0.05) is 13.0 Å². The molecule has 9 atom stereocenters.